The first-order valence-electron chi connectivity index (χ1n) is 12.4. The average Bonchev–Trinajstić information content (AvgIpc) is 2.73. The van der Waals surface area contributed by atoms with E-state index in [2.05, 4.69) is 6.92 Å². The molecule has 0 aliphatic rings. The molecule has 1 unspecified atom stereocenters. The minimum atomic E-state index is -3.29. The van der Waals surface area contributed by atoms with Crippen LogP contribution in [0.3, 0.4) is 0 Å². The molecule has 1 atom stereocenters. The second kappa shape index (κ2) is 16.6. The number of hydrogen-bond donors (Lipinski definition) is 0. The van der Waals surface area contributed by atoms with Crippen LogP contribution in [0, 0.1) is 0 Å². The quantitative estimate of drug-likeness (QED) is 0.171. The summed E-state index contributed by atoms with van der Waals surface area (Å²) in [7, 11) is -3.29. The van der Waals surface area contributed by atoms with Gasteiger partial charge < -0.3 is 0 Å². The maximum atomic E-state index is 13.0. The molecule has 0 saturated heterocycles. The van der Waals surface area contributed by atoms with Crippen molar-refractivity contribution in [2.75, 3.05) is 0 Å². The fourth-order valence-electron chi connectivity index (χ4n) is 4.02. The van der Waals surface area contributed by atoms with Gasteiger partial charge in [-0.25, -0.2) is 8.42 Å². The fraction of sp³-hybridized carbons (Fsp3) is 0.704. The van der Waals surface area contributed by atoms with Crippen molar-refractivity contribution in [2.45, 2.75) is 127 Å². The van der Waals surface area contributed by atoms with E-state index in [1.54, 1.807) is 24.3 Å². The molecule has 30 heavy (non-hydrogen) atoms. The van der Waals surface area contributed by atoms with Crippen molar-refractivity contribution in [1.82, 2.24) is 0 Å². The molecule has 172 valence electrons. The molecule has 1 aromatic carbocycles. The van der Waals surface area contributed by atoms with E-state index in [0.717, 1.165) is 24.8 Å². The Bertz CT molecular complexity index is 657. The zero-order valence-corrected chi connectivity index (χ0v) is 20.7. The highest BCUT2D eigenvalue weighted by Gasteiger charge is 2.24. The minimum absolute atomic E-state index is 0.401. The molecule has 1 aromatic rings. The summed E-state index contributed by atoms with van der Waals surface area (Å²) in [6.07, 6.45) is 21.1. The van der Waals surface area contributed by atoms with Gasteiger partial charge in [0.15, 0.2) is 9.84 Å². The Balaban J connectivity index is 2.18. The van der Waals surface area contributed by atoms with Gasteiger partial charge >= 0.3 is 0 Å². The van der Waals surface area contributed by atoms with E-state index in [-0.39, 0.29) is 0 Å². The third-order valence-electron chi connectivity index (χ3n) is 5.83. The van der Waals surface area contributed by atoms with Gasteiger partial charge in [-0.15, -0.1) is 0 Å². The average molecular weight is 435 g/mol. The molecule has 0 heterocycles. The van der Waals surface area contributed by atoms with E-state index in [1.165, 1.54) is 77.0 Å². The molecule has 0 aromatic heterocycles. The van der Waals surface area contributed by atoms with Crippen molar-refractivity contribution >= 4 is 9.84 Å². The Kier molecular flexibility index (Phi) is 14.9. The van der Waals surface area contributed by atoms with Crippen LogP contribution in [0.5, 0.6) is 0 Å². The molecule has 1 rings (SSSR count). The van der Waals surface area contributed by atoms with E-state index in [9.17, 15) is 8.42 Å². The summed E-state index contributed by atoms with van der Waals surface area (Å²) in [6, 6.07) is 8.90. The number of sulfone groups is 1. The highest BCUT2D eigenvalue weighted by molar-refractivity contribution is 7.92. The summed E-state index contributed by atoms with van der Waals surface area (Å²) in [5, 5.41) is -0.401. The molecule has 2 nitrogen and oxygen atoms in total. The van der Waals surface area contributed by atoms with Gasteiger partial charge in [0.05, 0.1) is 10.1 Å². The Labute approximate surface area is 187 Å². The van der Waals surface area contributed by atoms with Crippen LogP contribution in [-0.2, 0) is 9.84 Å². The zero-order chi connectivity index (χ0) is 22.1. The Morgan fingerprint density at radius 1 is 0.733 bits per heavy atom. The van der Waals surface area contributed by atoms with E-state index in [1.807, 2.05) is 26.0 Å². The lowest BCUT2D eigenvalue weighted by Gasteiger charge is -2.15. The zero-order valence-electron chi connectivity index (χ0n) is 19.9. The van der Waals surface area contributed by atoms with Gasteiger partial charge in [-0.3, -0.25) is 0 Å². The number of unbranched alkanes of at least 4 members (excludes halogenated alkanes) is 13. The Morgan fingerprint density at radius 2 is 1.17 bits per heavy atom. The van der Waals surface area contributed by atoms with Crippen LogP contribution < -0.4 is 0 Å². The fourth-order valence-corrected chi connectivity index (χ4v) is 5.84. The van der Waals surface area contributed by atoms with Crippen LogP contribution in [-0.4, -0.2) is 13.7 Å². The van der Waals surface area contributed by atoms with Crippen LogP contribution in [0.4, 0.5) is 0 Å². The molecule has 0 fully saturated rings. The Hall–Kier alpha value is -1.09. The first kappa shape index (κ1) is 26.9. The maximum absolute atomic E-state index is 13.0. The van der Waals surface area contributed by atoms with Crippen molar-refractivity contribution in [2.24, 2.45) is 0 Å². The van der Waals surface area contributed by atoms with Gasteiger partial charge in [-0.2, -0.15) is 0 Å². The summed E-state index contributed by atoms with van der Waals surface area (Å²) in [6.45, 7) is 6.24. The highest BCUT2D eigenvalue weighted by atomic mass is 32.2. The lowest BCUT2D eigenvalue weighted by molar-refractivity contribution is 0.530. The minimum Gasteiger partial charge on any atom is -0.223 e. The SMILES string of the molecule is CCCCCCCCCCCCCCCCC(C=C(C)C)S(=O)(=O)c1ccccc1. The predicted molar refractivity (Wildman–Crippen MR) is 132 cm³/mol. The predicted octanol–water partition coefficient (Wildman–Crippen LogP) is 8.67. The number of hydrogen-bond acceptors (Lipinski definition) is 2. The van der Waals surface area contributed by atoms with Crippen LogP contribution >= 0.6 is 0 Å². The smallest absolute Gasteiger partial charge is 0.184 e. The number of benzene rings is 1. The standard InChI is InChI=1S/C27H46O2S/c1-4-5-6-7-8-9-10-11-12-13-14-15-16-18-23-27(24-25(2)3)30(28,29)26-21-19-17-20-22-26/h17,19-22,24,27H,4-16,18,23H2,1-3H3. The van der Waals surface area contributed by atoms with Gasteiger partial charge in [0, 0.05) is 0 Å². The number of rotatable bonds is 18. The molecule has 0 aliphatic carbocycles. The van der Waals surface area contributed by atoms with Crippen LogP contribution in [0.2, 0.25) is 0 Å². The van der Waals surface area contributed by atoms with E-state index in [4.69, 9.17) is 0 Å². The van der Waals surface area contributed by atoms with Crippen molar-refractivity contribution in [1.29, 1.82) is 0 Å². The summed E-state index contributed by atoms with van der Waals surface area (Å²) >= 11 is 0. The van der Waals surface area contributed by atoms with Crippen LogP contribution in [0.15, 0.2) is 46.9 Å². The molecular weight excluding hydrogens is 388 g/mol. The highest BCUT2D eigenvalue weighted by Crippen LogP contribution is 2.23. The molecule has 0 saturated carbocycles. The van der Waals surface area contributed by atoms with Crippen molar-refractivity contribution in [3.8, 4) is 0 Å². The van der Waals surface area contributed by atoms with Crippen molar-refractivity contribution < 1.29 is 8.42 Å². The van der Waals surface area contributed by atoms with E-state index in [0.29, 0.717) is 4.90 Å². The molecule has 0 amide bonds. The Morgan fingerprint density at radius 3 is 1.60 bits per heavy atom. The van der Waals surface area contributed by atoms with Gasteiger partial charge in [0.25, 0.3) is 0 Å². The second-order valence-electron chi connectivity index (χ2n) is 9.03. The van der Waals surface area contributed by atoms with E-state index >= 15 is 0 Å². The molecule has 0 aliphatic heterocycles. The van der Waals surface area contributed by atoms with Crippen molar-refractivity contribution in [3.05, 3.63) is 42.0 Å². The third-order valence-corrected chi connectivity index (χ3v) is 7.93. The van der Waals surface area contributed by atoms with Crippen LogP contribution in [0.25, 0.3) is 0 Å². The van der Waals surface area contributed by atoms with Gasteiger partial charge in [-0.1, -0.05) is 127 Å². The molecule has 0 spiro atoms. The maximum Gasteiger partial charge on any atom is 0.184 e. The van der Waals surface area contributed by atoms with Crippen LogP contribution in [0.1, 0.15) is 117 Å². The molecular formula is C27H46O2S. The summed E-state index contributed by atoms with van der Waals surface area (Å²) in [5.74, 6) is 0. The summed E-state index contributed by atoms with van der Waals surface area (Å²) in [4.78, 5) is 0.442. The van der Waals surface area contributed by atoms with Gasteiger partial charge in [-0.05, 0) is 32.4 Å². The first-order chi connectivity index (χ1) is 14.5. The summed E-state index contributed by atoms with van der Waals surface area (Å²) in [5.41, 5.74) is 1.07. The molecule has 0 radical (unpaired) electrons. The lowest BCUT2D eigenvalue weighted by atomic mass is 10.0. The topological polar surface area (TPSA) is 34.1 Å². The summed E-state index contributed by atoms with van der Waals surface area (Å²) < 4.78 is 26.0. The monoisotopic (exact) mass is 434 g/mol. The normalized spacial score (nSPS) is 12.6. The third kappa shape index (κ3) is 11.9. The molecule has 0 bridgehead atoms. The first-order valence-corrected chi connectivity index (χ1v) is 14.0. The van der Waals surface area contributed by atoms with E-state index < -0.39 is 15.1 Å². The molecule has 0 N–H and O–H groups in total. The van der Waals surface area contributed by atoms with Gasteiger partial charge in [0.1, 0.15) is 0 Å². The molecule has 3 heteroatoms. The second-order valence-corrected chi connectivity index (χ2v) is 11.2. The van der Waals surface area contributed by atoms with Crippen molar-refractivity contribution in [3.63, 3.8) is 0 Å². The largest absolute Gasteiger partial charge is 0.223 e. The lowest BCUT2D eigenvalue weighted by Crippen LogP contribution is -2.19. The number of allylic oxidation sites excluding steroid dienone is 1. The van der Waals surface area contributed by atoms with Gasteiger partial charge in [0.2, 0.25) is 0 Å².